The zero-order chi connectivity index (χ0) is 7.56. The van der Waals surface area contributed by atoms with Gasteiger partial charge in [-0.15, -0.1) is 0 Å². The highest BCUT2D eigenvalue weighted by Gasteiger charge is 1.94. The van der Waals surface area contributed by atoms with E-state index in [1.807, 2.05) is 32.0 Å². The minimum absolute atomic E-state index is 0.767. The molecule has 0 saturated carbocycles. The smallest absolute Gasteiger partial charge is 0.296 e. The van der Waals surface area contributed by atoms with Crippen LogP contribution < -0.4 is 5.19 Å². The fourth-order valence-electron chi connectivity index (χ4n) is 0.887. The van der Waals surface area contributed by atoms with Crippen molar-refractivity contribution in [2.75, 3.05) is 0 Å². The van der Waals surface area contributed by atoms with Gasteiger partial charge in [0.2, 0.25) is 0 Å². The average Bonchev–Trinajstić information content (AvgIpc) is 1.94. The molecule has 0 unspecified atom stereocenters. The lowest BCUT2D eigenvalue weighted by Crippen LogP contribution is -2.10. The predicted octanol–water partition coefficient (Wildman–Crippen LogP) is 0.711. The molecule has 2 heteroatoms. The van der Waals surface area contributed by atoms with Crippen LogP contribution in [0.25, 0.3) is 0 Å². The molecule has 0 amide bonds. The first kappa shape index (κ1) is 7.35. The first-order valence-corrected chi connectivity index (χ1v) is 4.31. The van der Waals surface area contributed by atoms with Crippen molar-refractivity contribution in [1.29, 1.82) is 0 Å². The molecule has 0 saturated heterocycles. The van der Waals surface area contributed by atoms with Crippen LogP contribution in [0.2, 0.25) is 0 Å². The van der Waals surface area contributed by atoms with Crippen LogP contribution in [0.4, 0.5) is 0 Å². The molecule has 1 aromatic rings. The minimum Gasteiger partial charge on any atom is -0.386 e. The van der Waals surface area contributed by atoms with Crippen LogP contribution in [-0.2, 0) is 4.46 Å². The maximum atomic E-state index is 10.6. The molecule has 0 N–H and O–H groups in total. The monoisotopic (exact) mass is 150 g/mol. The molecule has 0 aliphatic carbocycles. The summed E-state index contributed by atoms with van der Waals surface area (Å²) in [4.78, 5) is 0. The summed E-state index contributed by atoms with van der Waals surface area (Å²) in [6, 6.07) is 6.03. The van der Waals surface area contributed by atoms with Crippen LogP contribution >= 0.6 is 0 Å². The summed E-state index contributed by atoms with van der Waals surface area (Å²) in [5.74, 6) is 0. The molecule has 0 spiro atoms. The van der Waals surface area contributed by atoms with Crippen molar-refractivity contribution in [2.24, 2.45) is 0 Å². The summed E-state index contributed by atoms with van der Waals surface area (Å²) in [6.07, 6.45) is 0. The lowest BCUT2D eigenvalue weighted by atomic mass is 10.2. The first-order valence-electron chi connectivity index (χ1n) is 3.26. The van der Waals surface area contributed by atoms with Crippen molar-refractivity contribution in [3.05, 3.63) is 29.3 Å². The average molecular weight is 150 g/mol. The standard InChI is InChI=1S/C8H10OSi/c1-6-3-4-7(2)8(5-6)10-9/h3-5,10H,1-2H3. The summed E-state index contributed by atoms with van der Waals surface area (Å²) in [5, 5.41) is 1.00. The Morgan fingerprint density at radius 3 is 2.50 bits per heavy atom. The molecule has 0 heterocycles. The van der Waals surface area contributed by atoms with E-state index in [0.29, 0.717) is 0 Å². The van der Waals surface area contributed by atoms with Gasteiger partial charge in [0, 0.05) is 0 Å². The number of rotatable bonds is 1. The SMILES string of the molecule is Cc1ccc(C)c([SiH]=O)c1. The van der Waals surface area contributed by atoms with E-state index in [2.05, 4.69) is 0 Å². The molecule has 0 fully saturated rings. The number of benzene rings is 1. The molecular formula is C8H10OSi. The van der Waals surface area contributed by atoms with E-state index in [9.17, 15) is 4.46 Å². The Morgan fingerprint density at radius 1 is 1.30 bits per heavy atom. The van der Waals surface area contributed by atoms with E-state index in [4.69, 9.17) is 0 Å². The van der Waals surface area contributed by atoms with Gasteiger partial charge in [0.15, 0.2) is 0 Å². The van der Waals surface area contributed by atoms with Gasteiger partial charge in [0.05, 0.1) is 0 Å². The highest BCUT2D eigenvalue weighted by Crippen LogP contribution is 1.96. The fourth-order valence-corrected chi connectivity index (χ4v) is 1.50. The fraction of sp³-hybridized carbons (Fsp3) is 0.250. The summed E-state index contributed by atoms with van der Waals surface area (Å²) >= 11 is 0. The van der Waals surface area contributed by atoms with E-state index >= 15 is 0 Å². The lowest BCUT2D eigenvalue weighted by Gasteiger charge is -1.97. The first-order chi connectivity index (χ1) is 4.74. The van der Waals surface area contributed by atoms with E-state index in [0.717, 1.165) is 10.8 Å². The van der Waals surface area contributed by atoms with Crippen LogP contribution in [0.5, 0.6) is 0 Å². The Labute approximate surface area is 63.0 Å². The van der Waals surface area contributed by atoms with Crippen molar-refractivity contribution >= 4 is 14.6 Å². The van der Waals surface area contributed by atoms with Crippen molar-refractivity contribution < 1.29 is 4.46 Å². The molecule has 0 bridgehead atoms. The summed E-state index contributed by atoms with van der Waals surface area (Å²) in [7, 11) is -0.767. The maximum Gasteiger partial charge on any atom is 0.296 e. The van der Waals surface area contributed by atoms with Crippen molar-refractivity contribution in [3.8, 4) is 0 Å². The summed E-state index contributed by atoms with van der Waals surface area (Å²) in [6.45, 7) is 4.00. The minimum atomic E-state index is -0.767. The second-order valence-electron chi connectivity index (χ2n) is 2.48. The lowest BCUT2D eigenvalue weighted by molar-refractivity contribution is 0.583. The maximum absolute atomic E-state index is 10.6. The molecule has 0 radical (unpaired) electrons. The molecule has 0 aliphatic rings. The third-order valence-electron chi connectivity index (χ3n) is 1.56. The zero-order valence-corrected chi connectivity index (χ0v) is 7.37. The molecule has 10 heavy (non-hydrogen) atoms. The molecule has 1 aromatic carbocycles. The van der Waals surface area contributed by atoms with Gasteiger partial charge in [-0.05, 0) is 24.6 Å². The van der Waals surface area contributed by atoms with Gasteiger partial charge in [-0.25, -0.2) is 0 Å². The van der Waals surface area contributed by atoms with Gasteiger partial charge in [-0.2, -0.15) is 0 Å². The van der Waals surface area contributed by atoms with Gasteiger partial charge in [0.1, 0.15) is 0 Å². The van der Waals surface area contributed by atoms with Gasteiger partial charge in [0.25, 0.3) is 9.41 Å². The van der Waals surface area contributed by atoms with Gasteiger partial charge < -0.3 is 4.46 Å². The van der Waals surface area contributed by atoms with Gasteiger partial charge in [-0.3, -0.25) is 0 Å². The van der Waals surface area contributed by atoms with E-state index in [-0.39, 0.29) is 0 Å². The molecular weight excluding hydrogens is 140 g/mol. The van der Waals surface area contributed by atoms with Crippen molar-refractivity contribution in [1.82, 2.24) is 0 Å². The number of aryl methyl sites for hydroxylation is 2. The van der Waals surface area contributed by atoms with E-state index in [1.165, 1.54) is 5.56 Å². The summed E-state index contributed by atoms with van der Waals surface area (Å²) in [5.41, 5.74) is 2.32. The van der Waals surface area contributed by atoms with E-state index in [1.54, 1.807) is 0 Å². The highest BCUT2D eigenvalue weighted by molar-refractivity contribution is 6.39. The quantitative estimate of drug-likeness (QED) is 0.539. The Hall–Kier alpha value is -0.763. The van der Waals surface area contributed by atoms with Crippen LogP contribution in [0.3, 0.4) is 0 Å². The molecule has 52 valence electrons. The third kappa shape index (κ3) is 1.39. The van der Waals surface area contributed by atoms with Crippen molar-refractivity contribution in [2.45, 2.75) is 13.8 Å². The number of hydrogen-bond donors (Lipinski definition) is 0. The Kier molecular flexibility index (Phi) is 2.12. The van der Waals surface area contributed by atoms with Crippen molar-refractivity contribution in [3.63, 3.8) is 0 Å². The van der Waals surface area contributed by atoms with Gasteiger partial charge in [-0.1, -0.05) is 23.8 Å². The molecule has 1 rings (SSSR count). The summed E-state index contributed by atoms with van der Waals surface area (Å²) < 4.78 is 10.6. The zero-order valence-electron chi connectivity index (χ0n) is 6.22. The van der Waals surface area contributed by atoms with Crippen LogP contribution in [0.1, 0.15) is 11.1 Å². The topological polar surface area (TPSA) is 17.1 Å². The largest absolute Gasteiger partial charge is 0.386 e. The third-order valence-corrected chi connectivity index (χ3v) is 2.44. The molecule has 0 aromatic heterocycles. The highest BCUT2D eigenvalue weighted by atomic mass is 28.2. The molecule has 0 atom stereocenters. The number of hydrogen-bond acceptors (Lipinski definition) is 1. The van der Waals surface area contributed by atoms with Crippen LogP contribution in [-0.4, -0.2) is 9.41 Å². The molecule has 1 nitrogen and oxygen atoms in total. The second kappa shape index (κ2) is 2.88. The molecule has 0 aliphatic heterocycles. The van der Waals surface area contributed by atoms with Gasteiger partial charge >= 0.3 is 0 Å². The van der Waals surface area contributed by atoms with Crippen LogP contribution in [0, 0.1) is 13.8 Å². The Balaban J connectivity index is 3.21. The predicted molar refractivity (Wildman–Crippen MR) is 43.4 cm³/mol. The Bertz CT molecular complexity index is 255. The van der Waals surface area contributed by atoms with E-state index < -0.39 is 9.41 Å². The normalized spacial score (nSPS) is 9.40. The van der Waals surface area contributed by atoms with Crippen LogP contribution in [0.15, 0.2) is 18.2 Å². The Morgan fingerprint density at radius 2 is 2.00 bits per heavy atom. The second-order valence-corrected chi connectivity index (χ2v) is 3.34.